The van der Waals surface area contributed by atoms with E-state index in [-0.39, 0.29) is 85.5 Å². The smallest absolute Gasteiger partial charge is 0.312 e. The van der Waals surface area contributed by atoms with Crippen LogP contribution in [0.5, 0.6) is 0 Å². The lowest BCUT2D eigenvalue weighted by molar-refractivity contribution is -0.173. The number of epoxide rings is 3. The highest BCUT2D eigenvalue weighted by Crippen LogP contribution is 2.43. The van der Waals surface area contributed by atoms with Gasteiger partial charge in [-0.25, -0.2) is 0 Å². The standard InChI is InChI=1S/C24H32O9/c25-22(13-4-1-7-16-19(13)31-16)28-10-12(30-24(27)15-6-3-9-18-21(15)33-18)11-29-23(26)14-5-2-8-17-20(14)32-17/h12-21H,1-11H2. The summed E-state index contributed by atoms with van der Waals surface area (Å²) in [6.07, 6.45) is 7.44. The normalized spacial score (nSPS) is 43.1. The minimum atomic E-state index is -0.844. The molecule has 33 heavy (non-hydrogen) atoms. The number of hydrogen-bond acceptors (Lipinski definition) is 9. The molecule has 9 atom stereocenters. The highest BCUT2D eigenvalue weighted by molar-refractivity contribution is 5.76. The summed E-state index contributed by atoms with van der Waals surface area (Å²) in [4.78, 5) is 38.1. The molecule has 0 aromatic rings. The molecule has 0 aromatic heterocycles. The molecule has 9 nitrogen and oxygen atoms in total. The Balaban J connectivity index is 1.04. The summed E-state index contributed by atoms with van der Waals surface area (Å²) in [6.45, 7) is -0.277. The van der Waals surface area contributed by atoms with Crippen LogP contribution in [0.25, 0.3) is 0 Å². The van der Waals surface area contributed by atoms with Gasteiger partial charge in [-0.2, -0.15) is 0 Å². The zero-order valence-corrected chi connectivity index (χ0v) is 18.7. The quantitative estimate of drug-likeness (QED) is 0.300. The van der Waals surface area contributed by atoms with E-state index >= 15 is 0 Å². The lowest BCUT2D eigenvalue weighted by Crippen LogP contribution is -2.38. The predicted molar refractivity (Wildman–Crippen MR) is 110 cm³/mol. The molecule has 0 bridgehead atoms. The molecule has 0 aromatic carbocycles. The lowest BCUT2D eigenvalue weighted by Gasteiger charge is -2.24. The van der Waals surface area contributed by atoms with E-state index in [9.17, 15) is 14.4 Å². The Labute approximate surface area is 192 Å². The SMILES string of the molecule is O=C(OCC(COC(=O)C1CCCC2OC21)OC(=O)C1CCCC2OC21)C1CCCC2OC21. The lowest BCUT2D eigenvalue weighted by atomic mass is 9.89. The van der Waals surface area contributed by atoms with Gasteiger partial charge in [0.1, 0.15) is 13.2 Å². The van der Waals surface area contributed by atoms with Crippen molar-refractivity contribution in [2.45, 2.75) is 101 Å². The fourth-order valence-corrected chi connectivity index (χ4v) is 6.03. The van der Waals surface area contributed by atoms with E-state index in [1.807, 2.05) is 0 Å². The highest BCUT2D eigenvalue weighted by Gasteiger charge is 2.53. The van der Waals surface area contributed by atoms with Gasteiger partial charge in [0.05, 0.1) is 54.4 Å². The summed E-state index contributed by atoms with van der Waals surface area (Å²) in [5.74, 6) is -1.89. The average molecular weight is 465 g/mol. The second-order valence-corrected chi connectivity index (χ2v) is 10.3. The van der Waals surface area contributed by atoms with Gasteiger partial charge in [-0.15, -0.1) is 0 Å². The van der Waals surface area contributed by atoms with Crippen LogP contribution in [0, 0.1) is 17.8 Å². The number of rotatable bonds is 8. The van der Waals surface area contributed by atoms with Crippen molar-refractivity contribution < 1.29 is 42.8 Å². The molecule has 6 aliphatic rings. The maximum absolute atomic E-state index is 12.8. The zero-order valence-electron chi connectivity index (χ0n) is 18.7. The summed E-state index contributed by atoms with van der Waals surface area (Å²) < 4.78 is 33.5. The Morgan fingerprint density at radius 1 is 0.606 bits per heavy atom. The first-order valence-corrected chi connectivity index (χ1v) is 12.6. The van der Waals surface area contributed by atoms with Gasteiger partial charge in [-0.05, 0) is 57.8 Å². The molecule has 3 saturated heterocycles. The van der Waals surface area contributed by atoms with E-state index in [0.29, 0.717) is 0 Å². The summed E-state index contributed by atoms with van der Waals surface area (Å²) in [5, 5.41) is 0. The topological polar surface area (TPSA) is 116 Å². The Morgan fingerprint density at radius 3 is 1.42 bits per heavy atom. The van der Waals surface area contributed by atoms with Crippen molar-refractivity contribution in [1.29, 1.82) is 0 Å². The van der Waals surface area contributed by atoms with Crippen LogP contribution in [0.3, 0.4) is 0 Å². The molecule has 3 aliphatic carbocycles. The van der Waals surface area contributed by atoms with E-state index in [1.54, 1.807) is 0 Å². The summed E-state index contributed by atoms with van der Waals surface area (Å²) in [6, 6.07) is 0. The largest absolute Gasteiger partial charge is 0.461 e. The number of carbonyl (C=O) groups excluding carboxylic acids is 3. The number of ether oxygens (including phenoxy) is 6. The molecule has 182 valence electrons. The number of esters is 3. The van der Waals surface area contributed by atoms with E-state index in [0.717, 1.165) is 57.8 Å². The van der Waals surface area contributed by atoms with Crippen LogP contribution in [0.4, 0.5) is 0 Å². The number of hydrogen-bond donors (Lipinski definition) is 0. The Morgan fingerprint density at radius 2 is 1.00 bits per heavy atom. The molecule has 0 spiro atoms. The van der Waals surface area contributed by atoms with Crippen molar-refractivity contribution >= 4 is 17.9 Å². The molecule has 0 amide bonds. The maximum Gasteiger partial charge on any atom is 0.312 e. The van der Waals surface area contributed by atoms with Crippen LogP contribution in [-0.4, -0.2) is 73.8 Å². The minimum Gasteiger partial charge on any atom is -0.461 e. The highest BCUT2D eigenvalue weighted by atomic mass is 16.6. The van der Waals surface area contributed by atoms with Crippen molar-refractivity contribution in [2.24, 2.45) is 17.8 Å². The maximum atomic E-state index is 12.8. The van der Waals surface area contributed by atoms with E-state index in [2.05, 4.69) is 0 Å². The van der Waals surface area contributed by atoms with Crippen molar-refractivity contribution in [3.8, 4) is 0 Å². The number of fused-ring (bicyclic) bond motifs is 3. The summed E-state index contributed by atoms with van der Waals surface area (Å²) in [5.41, 5.74) is 0. The third-order valence-electron chi connectivity index (χ3n) is 8.08. The van der Waals surface area contributed by atoms with Crippen LogP contribution in [0.2, 0.25) is 0 Å². The summed E-state index contributed by atoms with van der Waals surface area (Å²) in [7, 11) is 0. The van der Waals surface area contributed by atoms with Crippen LogP contribution >= 0.6 is 0 Å². The van der Waals surface area contributed by atoms with Crippen molar-refractivity contribution in [3.63, 3.8) is 0 Å². The predicted octanol–water partition coefficient (Wildman–Crippen LogP) is 1.69. The molecule has 6 rings (SSSR count). The first-order valence-electron chi connectivity index (χ1n) is 12.6. The monoisotopic (exact) mass is 464 g/mol. The Hall–Kier alpha value is -1.71. The third-order valence-corrected chi connectivity index (χ3v) is 8.08. The third kappa shape index (κ3) is 4.64. The van der Waals surface area contributed by atoms with Crippen molar-refractivity contribution in [2.75, 3.05) is 13.2 Å². The van der Waals surface area contributed by atoms with E-state index in [4.69, 9.17) is 28.4 Å². The molecule has 3 heterocycles. The van der Waals surface area contributed by atoms with Crippen molar-refractivity contribution in [3.05, 3.63) is 0 Å². The molecular formula is C24H32O9. The van der Waals surface area contributed by atoms with Gasteiger partial charge in [0.25, 0.3) is 0 Å². The van der Waals surface area contributed by atoms with Crippen LogP contribution in [0.1, 0.15) is 57.8 Å². The molecule has 0 N–H and O–H groups in total. The first-order chi connectivity index (χ1) is 16.1. The van der Waals surface area contributed by atoms with Crippen molar-refractivity contribution in [1.82, 2.24) is 0 Å². The van der Waals surface area contributed by atoms with Gasteiger partial charge < -0.3 is 28.4 Å². The Kier molecular flexibility index (Phi) is 5.82. The van der Waals surface area contributed by atoms with Gasteiger partial charge in [0.15, 0.2) is 6.10 Å². The van der Waals surface area contributed by atoms with Gasteiger partial charge in [0.2, 0.25) is 0 Å². The van der Waals surface area contributed by atoms with Gasteiger partial charge >= 0.3 is 17.9 Å². The molecule has 9 heteroatoms. The van der Waals surface area contributed by atoms with Gasteiger partial charge in [0, 0.05) is 0 Å². The zero-order chi connectivity index (χ0) is 22.5. The Bertz CT molecular complexity index is 755. The van der Waals surface area contributed by atoms with Crippen LogP contribution in [0.15, 0.2) is 0 Å². The van der Waals surface area contributed by atoms with Gasteiger partial charge in [-0.3, -0.25) is 14.4 Å². The summed E-state index contributed by atoms with van der Waals surface area (Å²) >= 11 is 0. The van der Waals surface area contributed by atoms with E-state index < -0.39 is 6.10 Å². The molecule has 3 saturated carbocycles. The van der Waals surface area contributed by atoms with Gasteiger partial charge in [-0.1, -0.05) is 0 Å². The average Bonchev–Trinajstić information content (AvgIpc) is 3.68. The molecule has 9 unspecified atom stereocenters. The molecule has 6 fully saturated rings. The van der Waals surface area contributed by atoms with Crippen LogP contribution in [-0.2, 0) is 42.8 Å². The first kappa shape index (κ1) is 21.8. The fourth-order valence-electron chi connectivity index (χ4n) is 6.03. The van der Waals surface area contributed by atoms with Crippen LogP contribution < -0.4 is 0 Å². The minimum absolute atomic E-state index is 0.0472. The second-order valence-electron chi connectivity index (χ2n) is 10.3. The fraction of sp³-hybridized carbons (Fsp3) is 0.875. The second kappa shape index (κ2) is 8.82. The molecule has 3 aliphatic heterocycles. The molecular weight excluding hydrogens is 432 g/mol. The van der Waals surface area contributed by atoms with E-state index in [1.165, 1.54) is 0 Å². The molecule has 0 radical (unpaired) electrons. The number of carbonyl (C=O) groups is 3.